The first-order valence-corrected chi connectivity index (χ1v) is 5.10. The van der Waals surface area contributed by atoms with Crippen LogP contribution >= 0.6 is 12.4 Å². The molecular weight excluding hydrogens is 210 g/mol. The van der Waals surface area contributed by atoms with Gasteiger partial charge in [0.2, 0.25) is 0 Å². The van der Waals surface area contributed by atoms with Gasteiger partial charge in [-0.05, 0) is 39.2 Å². The molecule has 4 heteroatoms. The lowest BCUT2D eigenvalue weighted by Crippen LogP contribution is -1.98. The monoisotopic (exact) mass is 223 g/mol. The Kier molecular flexibility index (Phi) is 2.43. The first kappa shape index (κ1) is 10.4. The molecular formula is C11H14ClN3. The highest BCUT2D eigenvalue weighted by Gasteiger charge is 2.19. The van der Waals surface area contributed by atoms with E-state index in [-0.39, 0.29) is 12.4 Å². The lowest BCUT2D eigenvalue weighted by atomic mass is 10.2. The fraction of sp³-hybridized carbons (Fsp3) is 0.455. The van der Waals surface area contributed by atoms with Crippen LogP contribution in [0, 0.1) is 13.8 Å². The number of hydrogen-bond acceptors (Lipinski definition) is 2. The van der Waals surface area contributed by atoms with Gasteiger partial charge in [0.25, 0.3) is 0 Å². The van der Waals surface area contributed by atoms with Crippen LogP contribution in [0.1, 0.15) is 29.1 Å². The highest BCUT2D eigenvalue weighted by atomic mass is 35.5. The third kappa shape index (κ3) is 1.42. The fourth-order valence-corrected chi connectivity index (χ4v) is 2.30. The Bertz CT molecular complexity index is 516. The summed E-state index contributed by atoms with van der Waals surface area (Å²) >= 11 is 0. The van der Waals surface area contributed by atoms with Crippen molar-refractivity contribution in [1.29, 1.82) is 0 Å². The number of nitrogens with zero attached hydrogens (tertiary/aromatic N) is 3. The first-order valence-electron chi connectivity index (χ1n) is 5.10. The summed E-state index contributed by atoms with van der Waals surface area (Å²) in [4.78, 5) is 4.57. The lowest BCUT2D eigenvalue weighted by molar-refractivity contribution is 0.811. The Balaban J connectivity index is 0.000000853. The third-order valence-electron chi connectivity index (χ3n) is 2.91. The maximum atomic E-state index is 4.59. The summed E-state index contributed by atoms with van der Waals surface area (Å²) in [5, 5.41) is 4.59. The normalized spacial score (nSPS) is 14.0. The zero-order valence-corrected chi connectivity index (χ0v) is 9.77. The molecule has 0 aliphatic heterocycles. The van der Waals surface area contributed by atoms with Crippen molar-refractivity contribution in [2.24, 2.45) is 0 Å². The molecule has 0 atom stereocenters. The standard InChI is InChI=1S/C11H13N3.ClH/c1-7-6-8(2)14-11(12-7)9-4-3-5-10(9)13-14;/h6H,3-5H2,1-2H3;1H. The Hall–Kier alpha value is -1.09. The van der Waals surface area contributed by atoms with Crippen molar-refractivity contribution < 1.29 is 0 Å². The largest absolute Gasteiger partial charge is 0.234 e. The predicted octanol–water partition coefficient (Wildman–Crippen LogP) is 2.26. The summed E-state index contributed by atoms with van der Waals surface area (Å²) in [6.07, 6.45) is 3.51. The van der Waals surface area contributed by atoms with Crippen molar-refractivity contribution in [1.82, 2.24) is 14.6 Å². The van der Waals surface area contributed by atoms with E-state index in [9.17, 15) is 0 Å². The number of hydrogen-bond donors (Lipinski definition) is 0. The molecule has 0 spiro atoms. The van der Waals surface area contributed by atoms with E-state index in [1.54, 1.807) is 0 Å². The number of halogens is 1. The molecule has 3 rings (SSSR count). The van der Waals surface area contributed by atoms with Crippen LogP contribution in [-0.2, 0) is 12.8 Å². The number of fused-ring (bicyclic) bond motifs is 3. The number of aromatic nitrogens is 3. The summed E-state index contributed by atoms with van der Waals surface area (Å²) in [6.45, 7) is 4.13. The molecule has 1 aliphatic carbocycles. The van der Waals surface area contributed by atoms with Gasteiger partial charge < -0.3 is 0 Å². The molecule has 0 saturated heterocycles. The second-order valence-electron chi connectivity index (χ2n) is 4.05. The van der Waals surface area contributed by atoms with Gasteiger partial charge in [-0.15, -0.1) is 12.4 Å². The smallest absolute Gasteiger partial charge is 0.158 e. The minimum absolute atomic E-state index is 0. The molecule has 0 radical (unpaired) electrons. The molecule has 0 N–H and O–H groups in total. The first-order chi connectivity index (χ1) is 6.75. The molecule has 2 aromatic rings. The van der Waals surface area contributed by atoms with Gasteiger partial charge in [0.1, 0.15) is 0 Å². The van der Waals surface area contributed by atoms with Crippen molar-refractivity contribution >= 4 is 18.1 Å². The van der Waals surface area contributed by atoms with Crippen molar-refractivity contribution in [3.05, 3.63) is 28.7 Å². The lowest BCUT2D eigenvalue weighted by Gasteiger charge is -2.01. The van der Waals surface area contributed by atoms with Crippen molar-refractivity contribution in [2.45, 2.75) is 33.1 Å². The zero-order chi connectivity index (χ0) is 9.71. The molecule has 3 nitrogen and oxygen atoms in total. The van der Waals surface area contributed by atoms with Gasteiger partial charge >= 0.3 is 0 Å². The second kappa shape index (κ2) is 3.49. The fourth-order valence-electron chi connectivity index (χ4n) is 2.30. The average Bonchev–Trinajstić information content (AvgIpc) is 2.65. The molecule has 0 amide bonds. The van der Waals surface area contributed by atoms with Gasteiger partial charge in [-0.3, -0.25) is 0 Å². The van der Waals surface area contributed by atoms with E-state index in [1.165, 1.54) is 23.4 Å². The van der Waals surface area contributed by atoms with Gasteiger partial charge in [-0.1, -0.05) is 0 Å². The predicted molar refractivity (Wildman–Crippen MR) is 61.7 cm³/mol. The topological polar surface area (TPSA) is 30.2 Å². The van der Waals surface area contributed by atoms with E-state index >= 15 is 0 Å². The van der Waals surface area contributed by atoms with Gasteiger partial charge in [0, 0.05) is 17.0 Å². The Morgan fingerprint density at radius 2 is 2.07 bits per heavy atom. The summed E-state index contributed by atoms with van der Waals surface area (Å²) in [6, 6.07) is 2.08. The molecule has 2 aromatic heterocycles. The number of aryl methyl sites for hydroxylation is 4. The van der Waals surface area contributed by atoms with Gasteiger partial charge in [-0.25, -0.2) is 9.50 Å². The van der Waals surface area contributed by atoms with E-state index in [2.05, 4.69) is 23.1 Å². The van der Waals surface area contributed by atoms with Crippen LogP contribution in [0.3, 0.4) is 0 Å². The number of rotatable bonds is 0. The Morgan fingerprint density at radius 1 is 1.27 bits per heavy atom. The van der Waals surface area contributed by atoms with E-state index in [0.717, 1.165) is 24.2 Å². The van der Waals surface area contributed by atoms with Gasteiger partial charge in [0.15, 0.2) is 5.65 Å². The summed E-state index contributed by atoms with van der Waals surface area (Å²) in [5.41, 5.74) is 5.98. The van der Waals surface area contributed by atoms with Crippen LogP contribution in [0.2, 0.25) is 0 Å². The van der Waals surface area contributed by atoms with Crippen LogP contribution in [0.25, 0.3) is 5.65 Å². The molecule has 0 bridgehead atoms. The second-order valence-corrected chi connectivity index (χ2v) is 4.05. The molecule has 0 aromatic carbocycles. The molecule has 0 fully saturated rings. The maximum Gasteiger partial charge on any atom is 0.158 e. The van der Waals surface area contributed by atoms with Gasteiger partial charge in [0.05, 0.1) is 5.69 Å². The van der Waals surface area contributed by atoms with E-state index < -0.39 is 0 Å². The Labute approximate surface area is 94.9 Å². The molecule has 80 valence electrons. The highest BCUT2D eigenvalue weighted by molar-refractivity contribution is 5.85. The minimum Gasteiger partial charge on any atom is -0.234 e. The van der Waals surface area contributed by atoms with Crippen LogP contribution in [0.15, 0.2) is 6.07 Å². The molecule has 2 heterocycles. The Morgan fingerprint density at radius 3 is 2.87 bits per heavy atom. The molecule has 0 saturated carbocycles. The quantitative estimate of drug-likeness (QED) is 0.686. The van der Waals surface area contributed by atoms with E-state index in [0.29, 0.717) is 0 Å². The molecule has 15 heavy (non-hydrogen) atoms. The van der Waals surface area contributed by atoms with Crippen LogP contribution in [-0.4, -0.2) is 14.6 Å². The van der Waals surface area contributed by atoms with Crippen molar-refractivity contribution in [3.8, 4) is 0 Å². The summed E-state index contributed by atoms with van der Waals surface area (Å²) < 4.78 is 1.98. The van der Waals surface area contributed by atoms with Crippen molar-refractivity contribution in [3.63, 3.8) is 0 Å². The van der Waals surface area contributed by atoms with E-state index in [4.69, 9.17) is 0 Å². The van der Waals surface area contributed by atoms with Crippen LogP contribution in [0.4, 0.5) is 0 Å². The summed E-state index contributed by atoms with van der Waals surface area (Å²) in [5.74, 6) is 0. The van der Waals surface area contributed by atoms with E-state index in [1.807, 2.05) is 11.4 Å². The molecule has 1 aliphatic rings. The summed E-state index contributed by atoms with van der Waals surface area (Å²) in [7, 11) is 0. The average molecular weight is 224 g/mol. The van der Waals surface area contributed by atoms with Crippen molar-refractivity contribution in [2.75, 3.05) is 0 Å². The minimum atomic E-state index is 0. The molecule has 0 unspecified atom stereocenters. The van der Waals surface area contributed by atoms with Crippen LogP contribution < -0.4 is 0 Å². The van der Waals surface area contributed by atoms with Gasteiger partial charge in [-0.2, -0.15) is 5.10 Å². The highest BCUT2D eigenvalue weighted by Crippen LogP contribution is 2.25. The maximum absolute atomic E-state index is 4.59. The van der Waals surface area contributed by atoms with Crippen LogP contribution in [0.5, 0.6) is 0 Å². The SMILES string of the molecule is Cc1cc(C)n2nc3c(c2n1)CCC3.Cl. The zero-order valence-electron chi connectivity index (χ0n) is 8.95. The third-order valence-corrected chi connectivity index (χ3v) is 2.91.